The molecule has 1 aliphatic heterocycles. The molecule has 7 rings (SSSR count). The Hall–Kier alpha value is -4.17. The highest BCUT2D eigenvalue weighted by Crippen LogP contribution is 2.67. The van der Waals surface area contributed by atoms with Crippen LogP contribution in [0.5, 0.6) is 0 Å². The van der Waals surface area contributed by atoms with Gasteiger partial charge in [-0.05, 0) is 84.5 Å². The topological polar surface area (TPSA) is 90.6 Å². The summed E-state index contributed by atoms with van der Waals surface area (Å²) < 4.78 is 5.50. The fraction of sp³-hybridized carbons (Fsp3) is 0.447. The molecule has 3 aliphatic rings. The third kappa shape index (κ3) is 5.57. The van der Waals surface area contributed by atoms with Crippen molar-refractivity contribution in [3.05, 3.63) is 89.9 Å². The number of benzene rings is 2. The molecule has 2 amide bonds. The van der Waals surface area contributed by atoms with Gasteiger partial charge in [0.2, 0.25) is 11.8 Å². The predicted molar refractivity (Wildman–Crippen MR) is 182 cm³/mol. The van der Waals surface area contributed by atoms with Crippen LogP contribution in [0.2, 0.25) is 0 Å². The largest absolute Gasteiger partial charge is 0.378 e. The van der Waals surface area contributed by atoms with E-state index in [2.05, 4.69) is 77.4 Å². The molecule has 46 heavy (non-hydrogen) atoms. The van der Waals surface area contributed by atoms with Gasteiger partial charge in [-0.15, -0.1) is 0 Å². The van der Waals surface area contributed by atoms with Crippen LogP contribution in [0.1, 0.15) is 68.7 Å². The second-order valence-corrected chi connectivity index (χ2v) is 14.0. The molecule has 2 atom stereocenters. The Bertz CT molecular complexity index is 1700. The normalized spacial score (nSPS) is 21.7. The van der Waals surface area contributed by atoms with Crippen molar-refractivity contribution in [1.29, 1.82) is 0 Å². The number of carbonyl (C=O) groups is 2. The van der Waals surface area contributed by atoms with E-state index in [0.717, 1.165) is 61.6 Å². The minimum absolute atomic E-state index is 0.0291. The molecule has 0 spiro atoms. The summed E-state index contributed by atoms with van der Waals surface area (Å²) in [6.45, 7) is 10.2. The number of para-hydroxylation sites is 1. The number of aromatic amines is 1. The molecule has 2 N–H and O–H groups in total. The van der Waals surface area contributed by atoms with Crippen LogP contribution >= 0.6 is 0 Å². The van der Waals surface area contributed by atoms with Gasteiger partial charge < -0.3 is 24.8 Å². The maximum absolute atomic E-state index is 14.6. The number of H-pyrrole nitrogens is 1. The summed E-state index contributed by atoms with van der Waals surface area (Å²) in [4.78, 5) is 41.1. The van der Waals surface area contributed by atoms with Crippen molar-refractivity contribution in [3.63, 3.8) is 0 Å². The molecular formula is C38H45N5O3. The van der Waals surface area contributed by atoms with E-state index in [1.165, 1.54) is 16.6 Å². The Kier molecular flexibility index (Phi) is 8.09. The first-order chi connectivity index (χ1) is 22.3. The van der Waals surface area contributed by atoms with E-state index in [1.807, 2.05) is 35.4 Å². The maximum Gasteiger partial charge on any atom is 0.250 e. The second-order valence-electron chi connectivity index (χ2n) is 14.0. The Balaban J connectivity index is 1.15. The smallest absolute Gasteiger partial charge is 0.250 e. The number of morpholine rings is 1. The van der Waals surface area contributed by atoms with Gasteiger partial charge in [-0.1, -0.05) is 51.0 Å². The van der Waals surface area contributed by atoms with Gasteiger partial charge in [-0.2, -0.15) is 0 Å². The fourth-order valence-electron chi connectivity index (χ4n) is 8.25. The Morgan fingerprint density at radius 2 is 1.76 bits per heavy atom. The molecule has 240 valence electrons. The molecule has 3 fully saturated rings. The third-order valence-electron chi connectivity index (χ3n) is 10.9. The number of anilines is 2. The van der Waals surface area contributed by atoms with E-state index in [1.54, 1.807) is 6.20 Å². The fourth-order valence-corrected chi connectivity index (χ4v) is 8.25. The lowest BCUT2D eigenvalue weighted by molar-refractivity contribution is -0.146. The monoisotopic (exact) mass is 619 g/mol. The van der Waals surface area contributed by atoms with Crippen molar-refractivity contribution in [3.8, 4) is 0 Å². The predicted octanol–water partition coefficient (Wildman–Crippen LogP) is 6.82. The zero-order valence-electron chi connectivity index (χ0n) is 27.2. The highest BCUT2D eigenvalue weighted by Gasteiger charge is 2.60. The zero-order valence-corrected chi connectivity index (χ0v) is 27.2. The van der Waals surface area contributed by atoms with Crippen LogP contribution in [-0.2, 0) is 20.9 Å². The average molecular weight is 620 g/mol. The standard InChI is InChI=1S/C38H45N5O3/c1-26-34(30-10-4-5-11-32(30)40-26)35-31(37(35,2)3)23-33(44)43(25-27-9-8-18-39-24-27)38(16-6-7-17-38)36(45)41-28-12-14-29(15-13-28)42-19-21-46-22-20-42/h4-5,8-15,18,24,31,35,40H,6-7,16-17,19-23,25H2,1-3H3,(H,41,45)/t31-,35+/m0/s1. The lowest BCUT2D eigenvalue weighted by Gasteiger charge is -2.40. The molecule has 2 aliphatic carbocycles. The van der Waals surface area contributed by atoms with E-state index < -0.39 is 5.54 Å². The van der Waals surface area contributed by atoms with Gasteiger partial charge in [-0.25, -0.2) is 0 Å². The van der Waals surface area contributed by atoms with Crippen LogP contribution in [0, 0.1) is 18.3 Å². The number of fused-ring (bicyclic) bond motifs is 1. The van der Waals surface area contributed by atoms with E-state index in [4.69, 9.17) is 4.74 Å². The summed E-state index contributed by atoms with van der Waals surface area (Å²) in [6.07, 6.45) is 7.07. The van der Waals surface area contributed by atoms with Crippen molar-refractivity contribution >= 4 is 34.1 Å². The quantitative estimate of drug-likeness (QED) is 0.215. The number of hydrogen-bond acceptors (Lipinski definition) is 5. The minimum atomic E-state index is -0.916. The summed E-state index contributed by atoms with van der Waals surface area (Å²) in [5, 5.41) is 4.47. The van der Waals surface area contributed by atoms with Crippen LogP contribution in [0.3, 0.4) is 0 Å². The molecular weight excluding hydrogens is 574 g/mol. The van der Waals surface area contributed by atoms with Gasteiger partial charge in [-0.3, -0.25) is 14.6 Å². The average Bonchev–Trinajstić information content (AvgIpc) is 3.42. The maximum atomic E-state index is 14.6. The Morgan fingerprint density at radius 1 is 1.02 bits per heavy atom. The number of carbonyl (C=O) groups excluding carboxylic acids is 2. The highest BCUT2D eigenvalue weighted by atomic mass is 16.5. The highest BCUT2D eigenvalue weighted by molar-refractivity contribution is 6.01. The Labute approximate surface area is 271 Å². The molecule has 0 unspecified atom stereocenters. The zero-order chi connectivity index (χ0) is 31.9. The van der Waals surface area contributed by atoms with Crippen LogP contribution in [-0.4, -0.2) is 58.5 Å². The lowest BCUT2D eigenvalue weighted by Crippen LogP contribution is -2.57. The van der Waals surface area contributed by atoms with Crippen molar-refractivity contribution < 1.29 is 14.3 Å². The first-order valence-corrected chi connectivity index (χ1v) is 16.8. The molecule has 8 nitrogen and oxygen atoms in total. The first kappa shape index (κ1) is 30.5. The second kappa shape index (κ2) is 12.2. The summed E-state index contributed by atoms with van der Waals surface area (Å²) in [5.74, 6) is 0.400. The van der Waals surface area contributed by atoms with Gasteiger partial charge >= 0.3 is 0 Å². The number of amides is 2. The van der Waals surface area contributed by atoms with E-state index in [-0.39, 0.29) is 29.1 Å². The van der Waals surface area contributed by atoms with Gasteiger partial charge in [0.05, 0.1) is 13.2 Å². The SMILES string of the molecule is Cc1[nH]c2ccccc2c1[C@H]1[C@H](CC(=O)N(Cc2cccnc2)C2(C(=O)Nc3ccc(N4CCOCC4)cc3)CCCC2)C1(C)C. The van der Waals surface area contributed by atoms with Crippen molar-refractivity contribution in [2.24, 2.45) is 11.3 Å². The summed E-state index contributed by atoms with van der Waals surface area (Å²) in [5.41, 5.74) is 5.50. The molecule has 2 aromatic heterocycles. The number of ether oxygens (including phenoxy) is 1. The Morgan fingerprint density at radius 3 is 2.48 bits per heavy atom. The van der Waals surface area contributed by atoms with Crippen molar-refractivity contribution in [1.82, 2.24) is 14.9 Å². The summed E-state index contributed by atoms with van der Waals surface area (Å²) in [6, 6.07) is 20.4. The molecule has 0 bridgehead atoms. The van der Waals surface area contributed by atoms with E-state index in [0.29, 0.717) is 25.8 Å². The van der Waals surface area contributed by atoms with Crippen LogP contribution < -0.4 is 10.2 Å². The molecule has 3 heterocycles. The van der Waals surface area contributed by atoms with Gasteiger partial charge in [0, 0.05) is 66.4 Å². The molecule has 8 heteroatoms. The van der Waals surface area contributed by atoms with Crippen LogP contribution in [0.4, 0.5) is 11.4 Å². The third-order valence-corrected chi connectivity index (χ3v) is 10.9. The van der Waals surface area contributed by atoms with Gasteiger partial charge in [0.15, 0.2) is 0 Å². The minimum Gasteiger partial charge on any atom is -0.378 e. The number of nitrogens with zero attached hydrogens (tertiary/aromatic N) is 3. The van der Waals surface area contributed by atoms with E-state index in [9.17, 15) is 9.59 Å². The lowest BCUT2D eigenvalue weighted by atomic mass is 9.91. The number of rotatable bonds is 9. The molecule has 1 saturated heterocycles. The van der Waals surface area contributed by atoms with Crippen molar-refractivity contribution in [2.75, 3.05) is 36.5 Å². The van der Waals surface area contributed by atoms with Crippen LogP contribution in [0.25, 0.3) is 10.9 Å². The van der Waals surface area contributed by atoms with E-state index >= 15 is 0 Å². The van der Waals surface area contributed by atoms with Crippen LogP contribution in [0.15, 0.2) is 73.1 Å². The molecule has 2 aromatic carbocycles. The summed E-state index contributed by atoms with van der Waals surface area (Å²) in [7, 11) is 0. The number of aromatic nitrogens is 2. The molecule has 0 radical (unpaired) electrons. The molecule has 2 saturated carbocycles. The van der Waals surface area contributed by atoms with Gasteiger partial charge in [0.1, 0.15) is 5.54 Å². The van der Waals surface area contributed by atoms with Gasteiger partial charge in [0.25, 0.3) is 0 Å². The first-order valence-electron chi connectivity index (χ1n) is 16.8. The van der Waals surface area contributed by atoms with Crippen molar-refractivity contribution in [2.45, 2.75) is 70.9 Å². The number of pyridine rings is 1. The number of hydrogen-bond donors (Lipinski definition) is 2. The number of nitrogens with one attached hydrogen (secondary N) is 2. The summed E-state index contributed by atoms with van der Waals surface area (Å²) >= 11 is 0. The number of aryl methyl sites for hydroxylation is 1. The molecule has 4 aromatic rings.